The smallest absolute Gasteiger partial charge is 0.255 e. The number of hydrogen-bond donors (Lipinski definition) is 1. The normalized spacial score (nSPS) is 19.7. The monoisotopic (exact) mass is 392 g/mol. The van der Waals surface area contributed by atoms with Gasteiger partial charge in [-0.05, 0) is 61.9 Å². The van der Waals surface area contributed by atoms with Gasteiger partial charge in [0.15, 0.2) is 0 Å². The average molecular weight is 392 g/mol. The maximum atomic E-state index is 12.6. The minimum absolute atomic E-state index is 0.168. The summed E-state index contributed by atoms with van der Waals surface area (Å²) in [5, 5.41) is 5.49. The van der Waals surface area contributed by atoms with Gasteiger partial charge in [0.1, 0.15) is 0 Å². The van der Waals surface area contributed by atoms with E-state index in [1.54, 1.807) is 11.3 Å². The summed E-state index contributed by atoms with van der Waals surface area (Å²) >= 11 is 3.90. The summed E-state index contributed by atoms with van der Waals surface area (Å²) in [4.78, 5) is 14.6. The van der Waals surface area contributed by atoms with Crippen LogP contribution in [0.1, 0.15) is 43.5 Å². The lowest BCUT2D eigenvalue weighted by Crippen LogP contribution is -2.48. The Bertz CT molecular complexity index is 427. The molecule has 2 heterocycles. The maximum absolute atomic E-state index is 12.6. The lowest BCUT2D eigenvalue weighted by molar-refractivity contribution is 0.0677. The van der Waals surface area contributed by atoms with E-state index in [9.17, 15) is 4.79 Å². The van der Waals surface area contributed by atoms with Crippen molar-refractivity contribution < 1.29 is 4.79 Å². The van der Waals surface area contributed by atoms with E-state index in [4.69, 9.17) is 0 Å². The highest BCUT2D eigenvalue weighted by Gasteiger charge is 2.24. The van der Waals surface area contributed by atoms with E-state index in [0.717, 1.165) is 18.7 Å². The minimum Gasteiger partial charge on any atom is -0.335 e. The molecule has 1 fully saturated rings. The van der Waals surface area contributed by atoms with Crippen LogP contribution < -0.4 is 5.32 Å². The van der Waals surface area contributed by atoms with Gasteiger partial charge < -0.3 is 10.2 Å². The third-order valence-electron chi connectivity index (χ3n) is 3.53. The number of hydrogen-bond acceptors (Lipinski definition) is 3. The number of piperidine rings is 1. The van der Waals surface area contributed by atoms with E-state index in [2.05, 4.69) is 41.8 Å². The fourth-order valence-corrected chi connectivity index (χ4v) is 3.75. The maximum Gasteiger partial charge on any atom is 0.255 e. The molecule has 1 amide bonds. The first-order valence-electron chi connectivity index (χ1n) is 6.86. The Morgan fingerprint density at radius 3 is 2.89 bits per heavy atom. The summed E-state index contributed by atoms with van der Waals surface area (Å²) in [7, 11) is 0. The summed E-state index contributed by atoms with van der Waals surface area (Å²) in [5.41, 5.74) is 0.832. The Hall–Kier alpha value is -0.140. The zero-order valence-electron chi connectivity index (χ0n) is 11.5. The third kappa shape index (κ3) is 4.16. The van der Waals surface area contributed by atoms with Gasteiger partial charge in [0, 0.05) is 24.0 Å². The van der Waals surface area contributed by atoms with Gasteiger partial charge in [-0.25, -0.2) is 0 Å². The Morgan fingerprint density at radius 1 is 1.58 bits per heavy atom. The van der Waals surface area contributed by atoms with Gasteiger partial charge >= 0.3 is 0 Å². The van der Waals surface area contributed by atoms with Crippen molar-refractivity contribution in [2.45, 2.75) is 45.2 Å². The Morgan fingerprint density at radius 2 is 2.37 bits per heavy atom. The molecule has 5 heteroatoms. The highest BCUT2D eigenvalue weighted by molar-refractivity contribution is 14.1. The first-order chi connectivity index (χ1) is 9.08. The van der Waals surface area contributed by atoms with Gasteiger partial charge in [-0.1, -0.05) is 6.42 Å². The topological polar surface area (TPSA) is 32.3 Å². The van der Waals surface area contributed by atoms with Gasteiger partial charge in [-0.3, -0.25) is 4.79 Å². The van der Waals surface area contributed by atoms with Gasteiger partial charge in [-0.15, -0.1) is 11.3 Å². The first kappa shape index (κ1) is 15.3. The number of carbonyl (C=O) groups is 1. The summed E-state index contributed by atoms with van der Waals surface area (Å²) in [6, 6.07) is 2.68. The summed E-state index contributed by atoms with van der Waals surface area (Å²) in [6.45, 7) is 6.10. The molecular formula is C14H21IN2OS. The Balaban J connectivity index is 2.04. The van der Waals surface area contributed by atoms with Gasteiger partial charge in [-0.2, -0.15) is 0 Å². The molecule has 3 nitrogen and oxygen atoms in total. The van der Waals surface area contributed by atoms with Crippen LogP contribution in [0.3, 0.4) is 0 Å². The minimum atomic E-state index is 0.168. The van der Waals surface area contributed by atoms with Crippen LogP contribution in [-0.4, -0.2) is 36.0 Å². The molecule has 0 bridgehead atoms. The SMILES string of the molecule is CC(C)N(CC1CCCCN1)C(=O)c1csc(I)c1. The Kier molecular flexibility index (Phi) is 5.65. The van der Waals surface area contributed by atoms with Crippen LogP contribution in [0.2, 0.25) is 0 Å². The molecule has 2 rings (SSSR count). The number of carbonyl (C=O) groups excluding carboxylic acids is 1. The average Bonchev–Trinajstić information content (AvgIpc) is 2.83. The second-order valence-electron chi connectivity index (χ2n) is 5.34. The fraction of sp³-hybridized carbons (Fsp3) is 0.643. The molecular weight excluding hydrogens is 371 g/mol. The molecule has 0 spiro atoms. The zero-order valence-corrected chi connectivity index (χ0v) is 14.5. The molecule has 0 radical (unpaired) electrons. The van der Waals surface area contributed by atoms with E-state index in [-0.39, 0.29) is 11.9 Å². The van der Waals surface area contributed by atoms with Crippen LogP contribution in [0.4, 0.5) is 0 Å². The molecule has 1 unspecified atom stereocenters. The number of nitrogens with zero attached hydrogens (tertiary/aromatic N) is 1. The summed E-state index contributed by atoms with van der Waals surface area (Å²) in [6.07, 6.45) is 3.71. The summed E-state index contributed by atoms with van der Waals surface area (Å²) < 4.78 is 1.17. The summed E-state index contributed by atoms with van der Waals surface area (Å²) in [5.74, 6) is 0.168. The highest BCUT2D eigenvalue weighted by atomic mass is 127. The number of rotatable bonds is 4. The van der Waals surface area contributed by atoms with Crippen LogP contribution >= 0.6 is 33.9 Å². The zero-order chi connectivity index (χ0) is 13.8. The second kappa shape index (κ2) is 7.04. The van der Waals surface area contributed by atoms with E-state index in [1.165, 1.54) is 22.1 Å². The van der Waals surface area contributed by atoms with Crippen molar-refractivity contribution in [1.29, 1.82) is 0 Å². The highest BCUT2D eigenvalue weighted by Crippen LogP contribution is 2.20. The molecule has 1 N–H and O–H groups in total. The number of halogens is 1. The third-order valence-corrected chi connectivity index (χ3v) is 5.32. The van der Waals surface area contributed by atoms with Crippen molar-refractivity contribution in [3.63, 3.8) is 0 Å². The molecule has 1 saturated heterocycles. The molecule has 19 heavy (non-hydrogen) atoms. The molecule has 106 valence electrons. The molecule has 1 aromatic rings. The molecule has 0 aromatic carbocycles. The van der Waals surface area contributed by atoms with Crippen molar-refractivity contribution >= 4 is 39.8 Å². The standard InChI is InChI=1S/C14H21IN2OS/c1-10(2)17(8-12-5-3-4-6-16-12)14(18)11-7-13(15)19-9-11/h7,9-10,12,16H,3-6,8H2,1-2H3. The molecule has 1 aromatic heterocycles. The number of nitrogens with one attached hydrogen (secondary N) is 1. The van der Waals surface area contributed by atoms with Crippen molar-refractivity contribution in [3.8, 4) is 0 Å². The van der Waals surface area contributed by atoms with Gasteiger partial charge in [0.25, 0.3) is 5.91 Å². The largest absolute Gasteiger partial charge is 0.335 e. The first-order valence-corrected chi connectivity index (χ1v) is 8.82. The number of thiophene rings is 1. The fourth-order valence-electron chi connectivity index (χ4n) is 2.43. The van der Waals surface area contributed by atoms with Crippen LogP contribution in [0.5, 0.6) is 0 Å². The lowest BCUT2D eigenvalue weighted by Gasteiger charge is -2.33. The molecule has 1 aliphatic rings. The van der Waals surface area contributed by atoms with Crippen LogP contribution in [0.25, 0.3) is 0 Å². The van der Waals surface area contributed by atoms with Crippen LogP contribution in [0.15, 0.2) is 11.4 Å². The van der Waals surface area contributed by atoms with E-state index in [0.29, 0.717) is 6.04 Å². The van der Waals surface area contributed by atoms with Crippen molar-refractivity contribution in [1.82, 2.24) is 10.2 Å². The van der Waals surface area contributed by atoms with E-state index < -0.39 is 0 Å². The number of amides is 1. The van der Waals surface area contributed by atoms with E-state index in [1.807, 2.05) is 16.3 Å². The Labute approximate surface area is 132 Å². The van der Waals surface area contributed by atoms with Gasteiger partial charge in [0.05, 0.1) is 8.45 Å². The predicted molar refractivity (Wildman–Crippen MR) is 88.9 cm³/mol. The van der Waals surface area contributed by atoms with Crippen LogP contribution in [0, 0.1) is 2.88 Å². The van der Waals surface area contributed by atoms with Crippen molar-refractivity contribution in [3.05, 3.63) is 19.9 Å². The van der Waals surface area contributed by atoms with Crippen molar-refractivity contribution in [2.24, 2.45) is 0 Å². The van der Waals surface area contributed by atoms with Crippen LogP contribution in [-0.2, 0) is 0 Å². The predicted octanol–water partition coefficient (Wildman–Crippen LogP) is 3.35. The van der Waals surface area contributed by atoms with E-state index >= 15 is 0 Å². The quantitative estimate of drug-likeness (QED) is 0.798. The molecule has 0 aliphatic carbocycles. The lowest BCUT2D eigenvalue weighted by atomic mass is 10.0. The van der Waals surface area contributed by atoms with Gasteiger partial charge in [0.2, 0.25) is 0 Å². The second-order valence-corrected chi connectivity index (χ2v) is 8.14. The molecule has 1 atom stereocenters. The molecule has 1 aliphatic heterocycles. The van der Waals surface area contributed by atoms with Crippen molar-refractivity contribution in [2.75, 3.05) is 13.1 Å². The molecule has 0 saturated carbocycles.